The molecule has 0 spiro atoms. The Hall–Kier alpha value is -1.98. The van der Waals surface area contributed by atoms with E-state index in [0.717, 1.165) is 18.6 Å². The third kappa shape index (κ3) is 2.77. The van der Waals surface area contributed by atoms with Crippen LogP contribution in [0.15, 0.2) is 12.1 Å². The van der Waals surface area contributed by atoms with Crippen molar-refractivity contribution in [3.05, 3.63) is 39.2 Å². The summed E-state index contributed by atoms with van der Waals surface area (Å²) in [6.45, 7) is 1.87. The molecular formula is C11H12FNO4. The number of nitrogens with zero attached hydrogens (tertiary/aromatic N) is 1. The van der Waals surface area contributed by atoms with Gasteiger partial charge < -0.3 is 5.11 Å². The molecule has 1 aromatic carbocycles. The molecule has 0 saturated heterocycles. The van der Waals surface area contributed by atoms with Gasteiger partial charge in [0.05, 0.1) is 10.5 Å². The van der Waals surface area contributed by atoms with E-state index in [1.807, 2.05) is 6.92 Å². The van der Waals surface area contributed by atoms with Crippen LogP contribution in [0.1, 0.15) is 35.7 Å². The van der Waals surface area contributed by atoms with Gasteiger partial charge in [0.15, 0.2) is 0 Å². The lowest BCUT2D eigenvalue weighted by Gasteiger charge is -2.06. The first-order valence-corrected chi connectivity index (χ1v) is 5.18. The van der Waals surface area contributed by atoms with Gasteiger partial charge in [0.25, 0.3) is 0 Å². The number of rotatable bonds is 5. The Morgan fingerprint density at radius 1 is 1.53 bits per heavy atom. The lowest BCUT2D eigenvalue weighted by Crippen LogP contribution is -2.08. The van der Waals surface area contributed by atoms with Crippen LogP contribution < -0.4 is 0 Å². The molecule has 17 heavy (non-hydrogen) atoms. The van der Waals surface area contributed by atoms with Crippen LogP contribution >= 0.6 is 0 Å². The largest absolute Gasteiger partial charge is 0.478 e. The standard InChI is InChI=1S/C11H12FNO4/c1-2-3-4-7-8(11(14)15)5-6-9(12)10(7)13(16)17/h5-6H,2-4H2,1H3,(H,14,15). The van der Waals surface area contributed by atoms with Gasteiger partial charge in [0.1, 0.15) is 0 Å². The van der Waals surface area contributed by atoms with E-state index in [4.69, 9.17) is 5.11 Å². The molecule has 0 bridgehead atoms. The molecule has 6 heteroatoms. The molecule has 0 saturated carbocycles. The molecule has 0 aliphatic carbocycles. The van der Waals surface area contributed by atoms with Crippen LogP contribution in [0.2, 0.25) is 0 Å². The predicted octanol–water partition coefficient (Wildman–Crippen LogP) is 2.77. The molecule has 5 nitrogen and oxygen atoms in total. The van der Waals surface area contributed by atoms with Gasteiger partial charge in [-0.3, -0.25) is 10.1 Å². The van der Waals surface area contributed by atoms with Gasteiger partial charge >= 0.3 is 11.7 Å². The molecule has 92 valence electrons. The number of hydrogen-bond acceptors (Lipinski definition) is 3. The molecule has 0 aliphatic rings. The topological polar surface area (TPSA) is 80.4 Å². The zero-order valence-corrected chi connectivity index (χ0v) is 9.27. The molecule has 1 N–H and O–H groups in total. The first kappa shape index (κ1) is 13.1. The second-order valence-electron chi connectivity index (χ2n) is 3.59. The zero-order valence-electron chi connectivity index (χ0n) is 9.27. The normalized spacial score (nSPS) is 10.2. The van der Waals surface area contributed by atoms with Crippen molar-refractivity contribution in [2.75, 3.05) is 0 Å². The molecule has 0 fully saturated rings. The van der Waals surface area contributed by atoms with Crippen LogP contribution in [0.4, 0.5) is 10.1 Å². The zero-order chi connectivity index (χ0) is 13.0. The average molecular weight is 241 g/mol. The van der Waals surface area contributed by atoms with Crippen LogP contribution in [-0.2, 0) is 6.42 Å². The van der Waals surface area contributed by atoms with Gasteiger partial charge in [-0.15, -0.1) is 0 Å². The summed E-state index contributed by atoms with van der Waals surface area (Å²) in [5, 5.41) is 19.7. The maximum Gasteiger partial charge on any atom is 0.336 e. The molecule has 0 amide bonds. The van der Waals surface area contributed by atoms with E-state index >= 15 is 0 Å². The quantitative estimate of drug-likeness (QED) is 0.634. The van der Waals surface area contributed by atoms with Gasteiger partial charge in [0, 0.05) is 5.56 Å². The number of carboxylic acids is 1. The number of aromatic carboxylic acids is 1. The van der Waals surface area contributed by atoms with Crippen molar-refractivity contribution in [2.24, 2.45) is 0 Å². The second-order valence-corrected chi connectivity index (χ2v) is 3.59. The van der Waals surface area contributed by atoms with Gasteiger partial charge in [-0.2, -0.15) is 4.39 Å². The van der Waals surface area contributed by atoms with Crippen molar-refractivity contribution in [2.45, 2.75) is 26.2 Å². The van der Waals surface area contributed by atoms with E-state index in [0.29, 0.717) is 6.42 Å². The molecule has 0 heterocycles. The smallest absolute Gasteiger partial charge is 0.336 e. The van der Waals surface area contributed by atoms with Crippen molar-refractivity contribution in [1.82, 2.24) is 0 Å². The summed E-state index contributed by atoms with van der Waals surface area (Å²) in [5.41, 5.74) is -0.964. The molecule has 0 radical (unpaired) electrons. The lowest BCUT2D eigenvalue weighted by molar-refractivity contribution is -0.388. The van der Waals surface area contributed by atoms with Gasteiger partial charge in [-0.1, -0.05) is 13.3 Å². The molecule has 0 atom stereocenters. The minimum Gasteiger partial charge on any atom is -0.478 e. The summed E-state index contributed by atoms with van der Waals surface area (Å²) in [4.78, 5) is 20.8. The fourth-order valence-electron chi connectivity index (χ4n) is 1.61. The highest BCUT2D eigenvalue weighted by molar-refractivity contribution is 5.90. The highest BCUT2D eigenvalue weighted by Gasteiger charge is 2.25. The third-order valence-electron chi connectivity index (χ3n) is 2.43. The number of nitro benzene ring substituents is 1. The van der Waals surface area contributed by atoms with Crippen molar-refractivity contribution in [3.63, 3.8) is 0 Å². The summed E-state index contributed by atoms with van der Waals surface area (Å²) >= 11 is 0. The predicted molar refractivity (Wildman–Crippen MR) is 58.6 cm³/mol. The van der Waals surface area contributed by atoms with E-state index in [9.17, 15) is 19.3 Å². The average Bonchev–Trinajstić information content (AvgIpc) is 2.25. The Labute approximate surface area is 97.0 Å². The summed E-state index contributed by atoms with van der Waals surface area (Å²) < 4.78 is 13.3. The highest BCUT2D eigenvalue weighted by Crippen LogP contribution is 2.27. The number of carboxylic acid groups (broad SMARTS) is 1. The van der Waals surface area contributed by atoms with Crippen molar-refractivity contribution in [3.8, 4) is 0 Å². The Morgan fingerprint density at radius 2 is 2.18 bits per heavy atom. The number of hydrogen-bond donors (Lipinski definition) is 1. The maximum absolute atomic E-state index is 13.3. The van der Waals surface area contributed by atoms with Crippen LogP contribution in [0, 0.1) is 15.9 Å². The molecule has 0 unspecified atom stereocenters. The van der Waals surface area contributed by atoms with E-state index in [1.54, 1.807) is 0 Å². The van der Waals surface area contributed by atoms with E-state index in [-0.39, 0.29) is 17.5 Å². The molecule has 0 aliphatic heterocycles. The third-order valence-corrected chi connectivity index (χ3v) is 2.43. The molecule has 1 rings (SSSR count). The maximum atomic E-state index is 13.3. The lowest BCUT2D eigenvalue weighted by atomic mass is 9.99. The minimum atomic E-state index is -1.28. The van der Waals surface area contributed by atoms with Gasteiger partial charge in [-0.25, -0.2) is 4.79 Å². The van der Waals surface area contributed by atoms with Crippen LogP contribution in [-0.4, -0.2) is 16.0 Å². The minimum absolute atomic E-state index is 0.0376. The number of unbranched alkanes of at least 4 members (excludes halogenated alkanes) is 1. The number of halogens is 1. The fourth-order valence-corrected chi connectivity index (χ4v) is 1.61. The highest BCUT2D eigenvalue weighted by atomic mass is 19.1. The fraction of sp³-hybridized carbons (Fsp3) is 0.364. The molecular weight excluding hydrogens is 229 g/mol. The Bertz CT molecular complexity index is 459. The SMILES string of the molecule is CCCCc1c(C(=O)O)ccc(F)c1[N+](=O)[O-]. The van der Waals surface area contributed by atoms with Crippen LogP contribution in [0.25, 0.3) is 0 Å². The molecule has 1 aromatic rings. The van der Waals surface area contributed by atoms with Crippen molar-refractivity contribution >= 4 is 11.7 Å². The summed E-state index contributed by atoms with van der Waals surface area (Å²) in [6, 6.07) is 1.88. The monoisotopic (exact) mass is 241 g/mol. The first-order chi connectivity index (χ1) is 7.99. The van der Waals surface area contributed by atoms with Crippen LogP contribution in [0.5, 0.6) is 0 Å². The van der Waals surface area contributed by atoms with E-state index < -0.39 is 22.4 Å². The summed E-state index contributed by atoms with van der Waals surface area (Å²) in [7, 11) is 0. The van der Waals surface area contributed by atoms with Gasteiger partial charge in [-0.05, 0) is 25.0 Å². The van der Waals surface area contributed by atoms with Crippen molar-refractivity contribution in [1.29, 1.82) is 0 Å². The van der Waals surface area contributed by atoms with Crippen LogP contribution in [0.3, 0.4) is 0 Å². The Kier molecular flexibility index (Phi) is 4.14. The second kappa shape index (κ2) is 5.38. The molecule has 0 aromatic heterocycles. The van der Waals surface area contributed by atoms with Crippen molar-refractivity contribution < 1.29 is 19.2 Å². The summed E-state index contributed by atoms with van der Waals surface area (Å²) in [6.07, 6.45) is 1.50. The number of benzene rings is 1. The first-order valence-electron chi connectivity index (χ1n) is 5.18. The number of nitro groups is 1. The van der Waals surface area contributed by atoms with E-state index in [2.05, 4.69) is 0 Å². The number of carbonyl (C=O) groups is 1. The Balaban J connectivity index is 3.38. The summed E-state index contributed by atoms with van der Waals surface area (Å²) in [5.74, 6) is -2.27. The Morgan fingerprint density at radius 3 is 2.65 bits per heavy atom. The van der Waals surface area contributed by atoms with Gasteiger partial charge in [0.2, 0.25) is 5.82 Å². The van der Waals surface area contributed by atoms with E-state index in [1.165, 1.54) is 0 Å².